The molecule has 0 saturated heterocycles. The molecule has 0 bridgehead atoms. The quantitative estimate of drug-likeness (QED) is 0.168. The summed E-state index contributed by atoms with van der Waals surface area (Å²) in [4.78, 5) is 25.9. The van der Waals surface area contributed by atoms with Gasteiger partial charge in [0.1, 0.15) is 5.82 Å². The van der Waals surface area contributed by atoms with Crippen LogP contribution in [-0.2, 0) is 5.41 Å². The third-order valence-corrected chi connectivity index (χ3v) is 9.89. The van der Waals surface area contributed by atoms with Crippen LogP contribution in [0.15, 0.2) is 66.7 Å². The van der Waals surface area contributed by atoms with Crippen molar-refractivity contribution >= 4 is 32.3 Å². The fourth-order valence-corrected chi connectivity index (χ4v) is 6.97. The second-order valence-electron chi connectivity index (χ2n) is 15.7. The highest BCUT2D eigenvalue weighted by Crippen LogP contribution is 2.44. The molecule has 0 N–H and O–H groups in total. The monoisotopic (exact) mass is 645 g/mol. The lowest BCUT2D eigenvalue weighted by atomic mass is 9.82. The fourth-order valence-electron chi connectivity index (χ4n) is 6.97. The van der Waals surface area contributed by atoms with Gasteiger partial charge in [-0.15, -0.1) is 0 Å². The van der Waals surface area contributed by atoms with E-state index in [0.717, 1.165) is 61.6 Å². The molecule has 0 fully saturated rings. The van der Waals surface area contributed by atoms with Crippen molar-refractivity contribution in [1.82, 2.24) is 24.9 Å². The van der Waals surface area contributed by atoms with Crippen LogP contribution in [-0.4, -0.2) is 24.9 Å². The number of benzene rings is 5. The Bertz CT molecular complexity index is 2310. The minimum Gasteiger partial charge on any atom is -0.233 e. The standard InChI is InChI=1S/C44H47N5/c1-23(2)35-22-36(24(3)4)46-41(45-35)33-21-34(42-47-40(25(5)6)48-43(49-42)37-26(7)13-12-14-27(37)8)32-18-16-29-20-30(44(9,10)11)19-28-15-17-31(33)39(32)38(28)29/h12-25H,1-11H3. The van der Waals surface area contributed by atoms with Gasteiger partial charge in [0.15, 0.2) is 17.5 Å². The Morgan fingerprint density at radius 1 is 0.510 bits per heavy atom. The second-order valence-corrected chi connectivity index (χ2v) is 15.7. The molecule has 0 aliphatic heterocycles. The van der Waals surface area contributed by atoms with E-state index in [0.29, 0.717) is 11.6 Å². The Morgan fingerprint density at radius 2 is 1.02 bits per heavy atom. The molecule has 49 heavy (non-hydrogen) atoms. The molecule has 0 atom stereocenters. The fraction of sp³-hybridized carbons (Fsp3) is 0.341. The van der Waals surface area contributed by atoms with Gasteiger partial charge in [0, 0.05) is 34.0 Å². The topological polar surface area (TPSA) is 64.5 Å². The van der Waals surface area contributed by atoms with Gasteiger partial charge < -0.3 is 0 Å². The number of hydrogen-bond acceptors (Lipinski definition) is 5. The largest absolute Gasteiger partial charge is 0.233 e. The second kappa shape index (κ2) is 12.0. The molecule has 7 aromatic rings. The van der Waals surface area contributed by atoms with Gasteiger partial charge in [-0.1, -0.05) is 117 Å². The molecule has 5 heteroatoms. The molecular formula is C44H47N5. The molecular weight excluding hydrogens is 599 g/mol. The summed E-state index contributed by atoms with van der Waals surface area (Å²) in [5.41, 5.74) is 8.79. The van der Waals surface area contributed by atoms with E-state index < -0.39 is 0 Å². The van der Waals surface area contributed by atoms with E-state index in [9.17, 15) is 0 Å². The molecule has 0 aliphatic carbocycles. The predicted molar refractivity (Wildman–Crippen MR) is 206 cm³/mol. The molecule has 2 aromatic heterocycles. The molecule has 248 valence electrons. The van der Waals surface area contributed by atoms with Crippen molar-refractivity contribution in [3.8, 4) is 34.2 Å². The molecule has 0 saturated carbocycles. The first-order valence-corrected chi connectivity index (χ1v) is 17.7. The normalized spacial score (nSPS) is 12.5. The van der Waals surface area contributed by atoms with Gasteiger partial charge in [-0.05, 0) is 92.2 Å². The zero-order valence-corrected chi connectivity index (χ0v) is 30.8. The highest BCUT2D eigenvalue weighted by molar-refractivity contribution is 6.28. The van der Waals surface area contributed by atoms with Gasteiger partial charge in [-0.2, -0.15) is 0 Å². The smallest absolute Gasteiger partial charge is 0.164 e. The van der Waals surface area contributed by atoms with Gasteiger partial charge in [-0.3, -0.25) is 0 Å². The van der Waals surface area contributed by atoms with Gasteiger partial charge >= 0.3 is 0 Å². The van der Waals surface area contributed by atoms with Crippen LogP contribution < -0.4 is 0 Å². The van der Waals surface area contributed by atoms with Crippen LogP contribution in [0.25, 0.3) is 66.5 Å². The Morgan fingerprint density at radius 3 is 1.51 bits per heavy atom. The van der Waals surface area contributed by atoms with Crippen molar-refractivity contribution in [1.29, 1.82) is 0 Å². The van der Waals surface area contributed by atoms with E-state index >= 15 is 0 Å². The highest BCUT2D eigenvalue weighted by Gasteiger charge is 2.24. The average molecular weight is 646 g/mol. The van der Waals surface area contributed by atoms with Crippen LogP contribution in [0.1, 0.15) is 114 Å². The zero-order chi connectivity index (χ0) is 34.9. The number of aromatic nitrogens is 5. The molecule has 0 unspecified atom stereocenters. The van der Waals surface area contributed by atoms with Gasteiger partial charge in [0.2, 0.25) is 0 Å². The maximum Gasteiger partial charge on any atom is 0.164 e. The van der Waals surface area contributed by atoms with Gasteiger partial charge in [0.05, 0.1) is 0 Å². The first kappa shape index (κ1) is 32.8. The maximum atomic E-state index is 5.27. The lowest BCUT2D eigenvalue weighted by molar-refractivity contribution is 0.591. The molecule has 5 aromatic carbocycles. The third kappa shape index (κ3) is 5.73. The third-order valence-electron chi connectivity index (χ3n) is 9.89. The van der Waals surface area contributed by atoms with Crippen molar-refractivity contribution in [3.05, 3.63) is 101 Å². The van der Waals surface area contributed by atoms with Crippen molar-refractivity contribution < 1.29 is 0 Å². The Labute approximate surface area is 290 Å². The number of nitrogens with zero attached hydrogens (tertiary/aromatic N) is 5. The lowest BCUT2D eigenvalue weighted by Crippen LogP contribution is -2.11. The van der Waals surface area contributed by atoms with Gasteiger partial charge in [0.25, 0.3) is 0 Å². The summed E-state index contributed by atoms with van der Waals surface area (Å²) in [5.74, 6) is 3.58. The number of aryl methyl sites for hydroxylation is 2. The SMILES string of the molecule is Cc1cccc(C)c1-c1nc(-c2cc(-c3nc(C(C)C)cc(C(C)C)n3)c3ccc4cc(C(C)(C)C)cc5ccc2c3c45)nc(C(C)C)n1. The van der Waals surface area contributed by atoms with E-state index in [1.165, 1.54) is 27.1 Å². The molecule has 0 radical (unpaired) electrons. The van der Waals surface area contributed by atoms with Crippen LogP contribution in [0.5, 0.6) is 0 Å². The van der Waals surface area contributed by atoms with E-state index in [-0.39, 0.29) is 23.2 Å². The summed E-state index contributed by atoms with van der Waals surface area (Å²) in [7, 11) is 0. The zero-order valence-electron chi connectivity index (χ0n) is 30.8. The number of hydrogen-bond donors (Lipinski definition) is 0. The Kier molecular flexibility index (Phi) is 8.01. The summed E-state index contributed by atoms with van der Waals surface area (Å²) in [5, 5.41) is 7.19. The van der Waals surface area contributed by atoms with Crippen molar-refractivity contribution in [2.24, 2.45) is 0 Å². The Balaban J connectivity index is 1.63. The molecule has 7 rings (SSSR count). The van der Waals surface area contributed by atoms with E-state index in [1.54, 1.807) is 0 Å². The first-order chi connectivity index (χ1) is 23.2. The Hall–Kier alpha value is -4.77. The van der Waals surface area contributed by atoms with Crippen molar-refractivity contribution in [2.75, 3.05) is 0 Å². The molecule has 0 spiro atoms. The van der Waals surface area contributed by atoms with Crippen LogP contribution in [0.4, 0.5) is 0 Å². The van der Waals surface area contributed by atoms with E-state index in [1.807, 2.05) is 0 Å². The summed E-state index contributed by atoms with van der Waals surface area (Å²) in [6.45, 7) is 24.2. The summed E-state index contributed by atoms with van der Waals surface area (Å²) in [6.07, 6.45) is 0. The van der Waals surface area contributed by atoms with Crippen LogP contribution in [0.3, 0.4) is 0 Å². The predicted octanol–water partition coefficient (Wildman–Crippen LogP) is 11.8. The minimum atomic E-state index is 0.0291. The first-order valence-electron chi connectivity index (χ1n) is 17.7. The van der Waals surface area contributed by atoms with Crippen molar-refractivity contribution in [2.45, 2.75) is 99.3 Å². The summed E-state index contributed by atoms with van der Waals surface area (Å²) < 4.78 is 0. The average Bonchev–Trinajstić information content (AvgIpc) is 3.05. The molecule has 2 heterocycles. The van der Waals surface area contributed by atoms with Gasteiger partial charge in [-0.25, -0.2) is 24.9 Å². The number of rotatable bonds is 6. The minimum absolute atomic E-state index is 0.0291. The highest BCUT2D eigenvalue weighted by atomic mass is 15.0. The lowest BCUT2D eigenvalue weighted by Gasteiger charge is -2.23. The molecule has 5 nitrogen and oxygen atoms in total. The van der Waals surface area contributed by atoms with Crippen LogP contribution in [0.2, 0.25) is 0 Å². The van der Waals surface area contributed by atoms with E-state index in [4.69, 9.17) is 24.9 Å². The van der Waals surface area contributed by atoms with Crippen LogP contribution in [0, 0.1) is 13.8 Å². The maximum absolute atomic E-state index is 5.27. The summed E-state index contributed by atoms with van der Waals surface area (Å²) in [6, 6.07) is 24.6. The van der Waals surface area contributed by atoms with Crippen molar-refractivity contribution in [3.63, 3.8) is 0 Å². The van der Waals surface area contributed by atoms with Crippen LogP contribution >= 0.6 is 0 Å². The molecule has 0 aliphatic rings. The summed E-state index contributed by atoms with van der Waals surface area (Å²) >= 11 is 0. The van der Waals surface area contributed by atoms with E-state index in [2.05, 4.69) is 143 Å². The molecule has 0 amide bonds.